The summed E-state index contributed by atoms with van der Waals surface area (Å²) in [4.78, 5) is 8.59. The predicted octanol–water partition coefficient (Wildman–Crippen LogP) is 0.572. The summed E-state index contributed by atoms with van der Waals surface area (Å²) in [6.45, 7) is 2.14. The summed E-state index contributed by atoms with van der Waals surface area (Å²) in [5, 5.41) is 4.08. The quantitative estimate of drug-likeness (QED) is 0.858. The standard InChI is InChI=1S/C14H21N7/c1-19(2)12-7-8-20(9-12)10-3-5-11(6-4-10)21-14(16)17-13(15)18-21/h3-6,12H,7-9H2,1-2H3,(H4,15,16,17,18)/t12-/m0/s1. The van der Waals surface area contributed by atoms with Gasteiger partial charge in [-0.3, -0.25) is 0 Å². The monoisotopic (exact) mass is 287 g/mol. The molecule has 1 aromatic heterocycles. The van der Waals surface area contributed by atoms with Crippen LogP contribution in [0.3, 0.4) is 0 Å². The summed E-state index contributed by atoms with van der Waals surface area (Å²) in [7, 11) is 4.27. The molecule has 0 radical (unpaired) electrons. The first-order valence-corrected chi connectivity index (χ1v) is 7.04. The topological polar surface area (TPSA) is 89.2 Å². The van der Waals surface area contributed by atoms with Crippen LogP contribution < -0.4 is 16.4 Å². The molecule has 3 rings (SSSR count). The Balaban J connectivity index is 1.77. The number of nitrogen functional groups attached to an aromatic ring is 2. The summed E-state index contributed by atoms with van der Waals surface area (Å²) in [6, 6.07) is 8.77. The number of likely N-dealkylation sites (N-methyl/N-ethyl adjacent to an activating group) is 1. The van der Waals surface area contributed by atoms with Crippen molar-refractivity contribution in [2.24, 2.45) is 0 Å². The summed E-state index contributed by atoms with van der Waals surface area (Å²) in [5.41, 5.74) is 13.4. The van der Waals surface area contributed by atoms with Crippen LogP contribution in [0.1, 0.15) is 6.42 Å². The molecule has 2 aromatic rings. The molecule has 0 spiro atoms. The Morgan fingerprint density at radius 2 is 1.81 bits per heavy atom. The van der Waals surface area contributed by atoms with Gasteiger partial charge in [-0.1, -0.05) is 0 Å². The third-order valence-electron chi connectivity index (χ3n) is 4.00. The van der Waals surface area contributed by atoms with Gasteiger partial charge in [0, 0.05) is 24.8 Å². The second-order valence-electron chi connectivity index (χ2n) is 5.61. The molecule has 1 aliphatic rings. The van der Waals surface area contributed by atoms with Crippen molar-refractivity contribution in [3.8, 4) is 5.69 Å². The summed E-state index contributed by atoms with van der Waals surface area (Å²) in [5.74, 6) is 0.485. The van der Waals surface area contributed by atoms with E-state index in [1.807, 2.05) is 12.1 Å². The minimum Gasteiger partial charge on any atom is -0.370 e. The molecule has 0 aliphatic carbocycles. The maximum Gasteiger partial charge on any atom is 0.241 e. The van der Waals surface area contributed by atoms with Crippen LogP contribution >= 0.6 is 0 Å². The van der Waals surface area contributed by atoms with Crippen LogP contribution in [0.2, 0.25) is 0 Å². The fraction of sp³-hybridized carbons (Fsp3) is 0.429. The first kappa shape index (κ1) is 13.7. The maximum atomic E-state index is 5.78. The zero-order valence-electron chi connectivity index (χ0n) is 12.4. The highest BCUT2D eigenvalue weighted by atomic mass is 15.4. The molecule has 2 heterocycles. The van der Waals surface area contributed by atoms with E-state index < -0.39 is 0 Å². The third-order valence-corrected chi connectivity index (χ3v) is 4.00. The fourth-order valence-corrected chi connectivity index (χ4v) is 2.73. The first-order valence-electron chi connectivity index (χ1n) is 7.04. The maximum absolute atomic E-state index is 5.78. The van der Waals surface area contributed by atoms with Crippen LogP contribution in [0.15, 0.2) is 24.3 Å². The smallest absolute Gasteiger partial charge is 0.241 e. The molecule has 112 valence electrons. The zero-order chi connectivity index (χ0) is 15.0. The molecule has 21 heavy (non-hydrogen) atoms. The van der Waals surface area contributed by atoms with Crippen LogP contribution in [0.25, 0.3) is 5.69 Å². The minimum atomic E-state index is 0.185. The molecule has 7 heteroatoms. The van der Waals surface area contributed by atoms with Crippen LogP contribution in [0, 0.1) is 0 Å². The van der Waals surface area contributed by atoms with Crippen LogP contribution in [-0.4, -0.2) is 52.9 Å². The molecule has 1 fully saturated rings. The SMILES string of the molecule is CN(C)[C@H]1CCN(c2ccc(-n3nc(N)nc3N)cc2)C1. The molecule has 4 N–H and O–H groups in total. The minimum absolute atomic E-state index is 0.185. The Hall–Kier alpha value is -2.28. The highest BCUT2D eigenvalue weighted by molar-refractivity contribution is 5.53. The Bertz CT molecular complexity index is 617. The predicted molar refractivity (Wildman–Crippen MR) is 84.5 cm³/mol. The Kier molecular flexibility index (Phi) is 3.42. The van der Waals surface area contributed by atoms with E-state index in [0.29, 0.717) is 12.0 Å². The number of anilines is 3. The zero-order valence-corrected chi connectivity index (χ0v) is 12.4. The number of hydrogen-bond acceptors (Lipinski definition) is 6. The van der Waals surface area contributed by atoms with Gasteiger partial charge < -0.3 is 21.3 Å². The summed E-state index contributed by atoms with van der Waals surface area (Å²) in [6.07, 6.45) is 1.20. The number of hydrogen-bond donors (Lipinski definition) is 2. The van der Waals surface area contributed by atoms with Crippen molar-refractivity contribution in [2.45, 2.75) is 12.5 Å². The largest absolute Gasteiger partial charge is 0.370 e. The average Bonchev–Trinajstić information content (AvgIpc) is 3.06. The van der Waals surface area contributed by atoms with Crippen molar-refractivity contribution >= 4 is 17.6 Å². The van der Waals surface area contributed by atoms with Gasteiger partial charge in [0.15, 0.2) is 0 Å². The highest BCUT2D eigenvalue weighted by Gasteiger charge is 2.24. The van der Waals surface area contributed by atoms with Gasteiger partial charge in [-0.15, -0.1) is 5.10 Å². The normalized spacial score (nSPS) is 18.6. The lowest BCUT2D eigenvalue weighted by atomic mass is 10.2. The van der Waals surface area contributed by atoms with Crippen LogP contribution in [0.5, 0.6) is 0 Å². The van der Waals surface area contributed by atoms with Gasteiger partial charge in [-0.25, -0.2) is 0 Å². The van der Waals surface area contributed by atoms with E-state index in [2.05, 4.69) is 46.1 Å². The van der Waals surface area contributed by atoms with E-state index in [-0.39, 0.29) is 5.95 Å². The molecule has 1 atom stereocenters. The summed E-state index contributed by atoms with van der Waals surface area (Å²) < 4.78 is 1.55. The van der Waals surface area contributed by atoms with Gasteiger partial charge in [-0.2, -0.15) is 9.67 Å². The van der Waals surface area contributed by atoms with Gasteiger partial charge in [0.1, 0.15) is 0 Å². The molecule has 1 saturated heterocycles. The molecule has 7 nitrogen and oxygen atoms in total. The van der Waals surface area contributed by atoms with E-state index in [1.54, 1.807) is 4.68 Å². The molecular weight excluding hydrogens is 266 g/mol. The lowest BCUT2D eigenvalue weighted by Gasteiger charge is -2.22. The van der Waals surface area contributed by atoms with Crippen molar-refractivity contribution in [1.29, 1.82) is 0 Å². The fourth-order valence-electron chi connectivity index (χ4n) is 2.73. The second kappa shape index (κ2) is 5.25. The number of aromatic nitrogens is 3. The van der Waals surface area contributed by atoms with E-state index in [0.717, 1.165) is 18.8 Å². The Labute approximate surface area is 124 Å². The van der Waals surface area contributed by atoms with Gasteiger partial charge >= 0.3 is 0 Å². The number of rotatable bonds is 3. The van der Waals surface area contributed by atoms with Crippen molar-refractivity contribution in [3.63, 3.8) is 0 Å². The number of nitrogens with two attached hydrogens (primary N) is 2. The summed E-state index contributed by atoms with van der Waals surface area (Å²) >= 11 is 0. The lowest BCUT2D eigenvalue weighted by molar-refractivity contribution is 0.315. The van der Waals surface area contributed by atoms with Gasteiger partial charge in [0.25, 0.3) is 0 Å². The van der Waals surface area contributed by atoms with Crippen molar-refractivity contribution in [3.05, 3.63) is 24.3 Å². The molecule has 0 unspecified atom stereocenters. The highest BCUT2D eigenvalue weighted by Crippen LogP contribution is 2.24. The van der Waals surface area contributed by atoms with Crippen LogP contribution in [0.4, 0.5) is 17.6 Å². The average molecular weight is 287 g/mol. The van der Waals surface area contributed by atoms with Crippen molar-refractivity contribution in [2.75, 3.05) is 43.6 Å². The molecule has 0 bridgehead atoms. The van der Waals surface area contributed by atoms with Gasteiger partial charge in [0.2, 0.25) is 11.9 Å². The number of benzene rings is 1. The van der Waals surface area contributed by atoms with Gasteiger partial charge in [-0.05, 0) is 44.8 Å². The molecular formula is C14H21N7. The van der Waals surface area contributed by atoms with E-state index in [1.165, 1.54) is 12.1 Å². The van der Waals surface area contributed by atoms with Crippen LogP contribution in [-0.2, 0) is 0 Å². The van der Waals surface area contributed by atoms with E-state index in [4.69, 9.17) is 11.5 Å². The molecule has 1 aromatic carbocycles. The Morgan fingerprint density at radius 3 is 2.33 bits per heavy atom. The van der Waals surface area contributed by atoms with Gasteiger partial charge in [0.05, 0.1) is 5.69 Å². The van der Waals surface area contributed by atoms with Crippen molar-refractivity contribution < 1.29 is 0 Å². The first-order chi connectivity index (χ1) is 10.0. The van der Waals surface area contributed by atoms with Crippen molar-refractivity contribution in [1.82, 2.24) is 19.7 Å². The third kappa shape index (κ3) is 2.64. The van der Waals surface area contributed by atoms with E-state index in [9.17, 15) is 0 Å². The number of nitrogens with zero attached hydrogens (tertiary/aromatic N) is 5. The molecule has 1 aliphatic heterocycles. The molecule has 0 amide bonds. The Morgan fingerprint density at radius 1 is 1.14 bits per heavy atom. The molecule has 0 saturated carbocycles. The van der Waals surface area contributed by atoms with E-state index >= 15 is 0 Å². The second-order valence-corrected chi connectivity index (χ2v) is 5.61. The lowest BCUT2D eigenvalue weighted by Crippen LogP contribution is -2.31.